The van der Waals surface area contributed by atoms with Crippen molar-refractivity contribution in [2.45, 2.75) is 38.0 Å². The number of hydrogen-bond donors (Lipinski definition) is 1. The van der Waals surface area contributed by atoms with Crippen molar-refractivity contribution in [1.82, 2.24) is 10.2 Å². The van der Waals surface area contributed by atoms with E-state index in [4.69, 9.17) is 4.42 Å². The molecular formula is C15H16N4O4. The van der Waals surface area contributed by atoms with Crippen LogP contribution in [-0.2, 0) is 0 Å². The number of rotatable bonds is 4. The number of carbonyl (C=O) groups excluding carboxylic acids is 1. The van der Waals surface area contributed by atoms with Gasteiger partial charge in [-0.2, -0.15) is 0 Å². The Morgan fingerprint density at radius 3 is 2.52 bits per heavy atom. The van der Waals surface area contributed by atoms with Crippen molar-refractivity contribution in [3.8, 4) is 0 Å². The number of nitro benzene ring substituents is 1. The van der Waals surface area contributed by atoms with Gasteiger partial charge < -0.3 is 4.42 Å². The molecule has 1 aliphatic carbocycles. The molecule has 1 N–H and O–H groups in total. The Balaban J connectivity index is 1.65. The fourth-order valence-corrected chi connectivity index (χ4v) is 2.70. The van der Waals surface area contributed by atoms with Crippen molar-refractivity contribution in [2.75, 3.05) is 5.32 Å². The number of nitrogens with zero attached hydrogens (tertiary/aromatic N) is 3. The molecule has 0 atom stereocenters. The maximum Gasteiger partial charge on any atom is 0.322 e. The van der Waals surface area contributed by atoms with Crippen LogP contribution in [0.4, 0.5) is 11.7 Å². The Hall–Kier alpha value is -2.77. The Morgan fingerprint density at radius 1 is 1.17 bits per heavy atom. The summed E-state index contributed by atoms with van der Waals surface area (Å²) in [6.45, 7) is 0. The van der Waals surface area contributed by atoms with Gasteiger partial charge in [-0.15, -0.1) is 5.10 Å². The third-order valence-electron chi connectivity index (χ3n) is 3.96. The summed E-state index contributed by atoms with van der Waals surface area (Å²) in [7, 11) is 0. The van der Waals surface area contributed by atoms with Gasteiger partial charge in [-0.3, -0.25) is 20.2 Å². The van der Waals surface area contributed by atoms with E-state index in [1.165, 1.54) is 30.7 Å². The van der Waals surface area contributed by atoms with Crippen LogP contribution in [0.3, 0.4) is 0 Å². The quantitative estimate of drug-likeness (QED) is 0.684. The number of anilines is 1. The van der Waals surface area contributed by atoms with Gasteiger partial charge in [0, 0.05) is 23.6 Å². The first-order valence-electron chi connectivity index (χ1n) is 7.52. The summed E-state index contributed by atoms with van der Waals surface area (Å²) >= 11 is 0. The maximum atomic E-state index is 12.1. The summed E-state index contributed by atoms with van der Waals surface area (Å²) in [5, 5.41) is 21.0. The molecule has 120 valence electrons. The standard InChI is InChI=1S/C15H16N4O4/c20-13(10-6-8-12(9-7-10)19(21)22)16-15-18-17-14(23-15)11-4-2-1-3-5-11/h6-9,11H,1-5H2,(H,16,18,20). The number of nitro groups is 1. The lowest BCUT2D eigenvalue weighted by atomic mass is 9.89. The molecule has 0 bridgehead atoms. The molecule has 23 heavy (non-hydrogen) atoms. The van der Waals surface area contributed by atoms with Gasteiger partial charge in [-0.1, -0.05) is 24.4 Å². The molecule has 1 aliphatic rings. The second-order valence-corrected chi connectivity index (χ2v) is 5.54. The molecule has 1 heterocycles. The van der Waals surface area contributed by atoms with Crippen LogP contribution in [-0.4, -0.2) is 21.0 Å². The summed E-state index contributed by atoms with van der Waals surface area (Å²) < 4.78 is 5.51. The van der Waals surface area contributed by atoms with Gasteiger partial charge in [-0.25, -0.2) is 0 Å². The lowest BCUT2D eigenvalue weighted by Crippen LogP contribution is -2.12. The van der Waals surface area contributed by atoms with Gasteiger partial charge in [0.1, 0.15) is 0 Å². The molecule has 0 aliphatic heterocycles. The third-order valence-corrected chi connectivity index (χ3v) is 3.96. The molecule has 0 unspecified atom stereocenters. The van der Waals surface area contributed by atoms with E-state index < -0.39 is 10.8 Å². The normalized spacial score (nSPS) is 15.3. The number of nitrogens with one attached hydrogen (secondary N) is 1. The molecule has 8 nitrogen and oxygen atoms in total. The lowest BCUT2D eigenvalue weighted by molar-refractivity contribution is -0.384. The summed E-state index contributed by atoms with van der Waals surface area (Å²) in [5.41, 5.74) is 0.215. The van der Waals surface area contributed by atoms with E-state index in [2.05, 4.69) is 15.5 Å². The SMILES string of the molecule is O=C(Nc1nnc(C2CCCCC2)o1)c1ccc([N+](=O)[O-])cc1. The van der Waals surface area contributed by atoms with Crippen LogP contribution < -0.4 is 5.32 Å². The first-order chi connectivity index (χ1) is 11.1. The van der Waals surface area contributed by atoms with Crippen molar-refractivity contribution in [2.24, 2.45) is 0 Å². The Morgan fingerprint density at radius 2 is 1.87 bits per heavy atom. The van der Waals surface area contributed by atoms with Crippen LogP contribution in [0, 0.1) is 10.1 Å². The van der Waals surface area contributed by atoms with Crippen molar-refractivity contribution in [3.63, 3.8) is 0 Å². The highest BCUT2D eigenvalue weighted by atomic mass is 16.6. The van der Waals surface area contributed by atoms with E-state index in [-0.39, 0.29) is 23.2 Å². The summed E-state index contributed by atoms with van der Waals surface area (Å²) in [5.74, 6) is 0.378. The fourth-order valence-electron chi connectivity index (χ4n) is 2.70. The Kier molecular flexibility index (Phi) is 4.31. The Labute approximate surface area is 132 Å². The van der Waals surface area contributed by atoms with Crippen molar-refractivity contribution in [3.05, 3.63) is 45.8 Å². The number of hydrogen-bond acceptors (Lipinski definition) is 6. The van der Waals surface area contributed by atoms with Gasteiger partial charge >= 0.3 is 6.01 Å². The molecule has 1 aromatic carbocycles. The number of aromatic nitrogens is 2. The number of benzene rings is 1. The molecule has 1 saturated carbocycles. The predicted molar refractivity (Wildman–Crippen MR) is 81.2 cm³/mol. The van der Waals surface area contributed by atoms with E-state index in [0.717, 1.165) is 25.7 Å². The third kappa shape index (κ3) is 3.53. The number of amides is 1. The minimum Gasteiger partial charge on any atom is -0.408 e. The van der Waals surface area contributed by atoms with Crippen molar-refractivity contribution in [1.29, 1.82) is 0 Å². The zero-order valence-corrected chi connectivity index (χ0v) is 12.4. The van der Waals surface area contributed by atoms with Crippen molar-refractivity contribution >= 4 is 17.6 Å². The van der Waals surface area contributed by atoms with Crippen molar-refractivity contribution < 1.29 is 14.1 Å². The zero-order valence-electron chi connectivity index (χ0n) is 12.4. The largest absolute Gasteiger partial charge is 0.408 e. The molecule has 0 radical (unpaired) electrons. The highest BCUT2D eigenvalue weighted by Crippen LogP contribution is 2.32. The molecule has 1 aromatic heterocycles. The summed E-state index contributed by atoms with van der Waals surface area (Å²) in [4.78, 5) is 22.2. The van der Waals surface area contributed by atoms with Crippen LogP contribution in [0.2, 0.25) is 0 Å². The van der Waals surface area contributed by atoms with Gasteiger partial charge in [0.2, 0.25) is 5.89 Å². The van der Waals surface area contributed by atoms with E-state index in [1.54, 1.807) is 0 Å². The topological polar surface area (TPSA) is 111 Å². The molecule has 0 saturated heterocycles. The summed E-state index contributed by atoms with van der Waals surface area (Å²) in [6, 6.07) is 5.36. The fraction of sp³-hybridized carbons (Fsp3) is 0.400. The molecule has 3 rings (SSSR count). The van der Waals surface area contributed by atoms with Gasteiger partial charge in [0.25, 0.3) is 11.6 Å². The van der Waals surface area contributed by atoms with E-state index in [9.17, 15) is 14.9 Å². The second-order valence-electron chi connectivity index (χ2n) is 5.54. The monoisotopic (exact) mass is 316 g/mol. The maximum absolute atomic E-state index is 12.1. The molecule has 2 aromatic rings. The van der Waals surface area contributed by atoms with Crippen LogP contribution in [0.25, 0.3) is 0 Å². The van der Waals surface area contributed by atoms with Gasteiger partial charge in [-0.05, 0) is 25.0 Å². The van der Waals surface area contributed by atoms with Gasteiger partial charge in [0.15, 0.2) is 0 Å². The van der Waals surface area contributed by atoms with Crippen LogP contribution in [0.15, 0.2) is 28.7 Å². The minimum atomic E-state index is -0.518. The van der Waals surface area contributed by atoms with Crippen LogP contribution in [0.5, 0.6) is 0 Å². The minimum absolute atomic E-state index is 0.0499. The highest BCUT2D eigenvalue weighted by Gasteiger charge is 2.22. The van der Waals surface area contributed by atoms with Crippen LogP contribution >= 0.6 is 0 Å². The molecule has 1 fully saturated rings. The first-order valence-corrected chi connectivity index (χ1v) is 7.52. The smallest absolute Gasteiger partial charge is 0.322 e. The molecule has 1 amide bonds. The molecule has 0 spiro atoms. The molecule has 8 heteroatoms. The number of carbonyl (C=O) groups is 1. The van der Waals surface area contributed by atoms with E-state index in [0.29, 0.717) is 5.89 Å². The second kappa shape index (κ2) is 6.55. The zero-order chi connectivity index (χ0) is 16.2. The molecular weight excluding hydrogens is 300 g/mol. The lowest BCUT2D eigenvalue weighted by Gasteiger charge is -2.17. The summed E-state index contributed by atoms with van der Waals surface area (Å²) in [6.07, 6.45) is 5.58. The predicted octanol–water partition coefficient (Wildman–Crippen LogP) is 3.28. The average Bonchev–Trinajstić information content (AvgIpc) is 3.04. The van der Waals surface area contributed by atoms with Crippen LogP contribution in [0.1, 0.15) is 54.3 Å². The Bertz CT molecular complexity index is 705. The van der Waals surface area contributed by atoms with E-state index >= 15 is 0 Å². The van der Waals surface area contributed by atoms with Gasteiger partial charge in [0.05, 0.1) is 4.92 Å². The number of non-ortho nitro benzene ring substituents is 1. The average molecular weight is 316 g/mol. The first kappa shape index (κ1) is 15.1. The van der Waals surface area contributed by atoms with E-state index in [1.807, 2.05) is 0 Å². The highest BCUT2D eigenvalue weighted by molar-refractivity contribution is 6.03.